The molecular formula is C15H22ClNO2. The topological polar surface area (TPSA) is 41.8 Å². The van der Waals surface area contributed by atoms with Gasteiger partial charge >= 0.3 is 0 Å². The van der Waals surface area contributed by atoms with Gasteiger partial charge in [0, 0.05) is 7.11 Å². The molecule has 1 N–H and O–H groups in total. The third-order valence-electron chi connectivity index (χ3n) is 3.48. The fourth-order valence-corrected chi connectivity index (χ4v) is 2.55. The van der Waals surface area contributed by atoms with Crippen LogP contribution in [0.1, 0.15) is 31.2 Å². The lowest BCUT2D eigenvalue weighted by molar-refractivity contribution is 0.120. The fraction of sp³-hybridized carbons (Fsp3) is 0.533. The molecule has 0 aromatic heterocycles. The quantitative estimate of drug-likeness (QED) is 0.667. The molecule has 0 radical (unpaired) electrons. The molecule has 1 aromatic carbocycles. The van der Waals surface area contributed by atoms with Crippen molar-refractivity contribution in [1.29, 1.82) is 0 Å². The lowest BCUT2D eigenvalue weighted by Crippen LogP contribution is -2.36. The predicted molar refractivity (Wildman–Crippen MR) is 80.4 cm³/mol. The second-order valence-corrected chi connectivity index (χ2v) is 4.83. The first kappa shape index (κ1) is 16.2. The lowest BCUT2D eigenvalue weighted by atomic mass is 9.90. The summed E-state index contributed by atoms with van der Waals surface area (Å²) in [6.45, 7) is 1.19. The van der Waals surface area contributed by atoms with E-state index in [0.717, 1.165) is 37.0 Å². The van der Waals surface area contributed by atoms with E-state index >= 15 is 0 Å². The van der Waals surface area contributed by atoms with Gasteiger partial charge in [-0.15, -0.1) is 12.4 Å². The molecule has 0 unspecified atom stereocenters. The molecule has 19 heavy (non-hydrogen) atoms. The third-order valence-corrected chi connectivity index (χ3v) is 3.48. The Kier molecular flexibility index (Phi) is 6.49. The maximum absolute atomic E-state index is 10.7. The number of nitrogens with zero attached hydrogens (tertiary/aromatic N) is 1. The Bertz CT molecular complexity index is 400. The zero-order chi connectivity index (χ0) is 12.8. The van der Waals surface area contributed by atoms with Gasteiger partial charge in [-0.05, 0) is 18.4 Å². The zero-order valence-electron chi connectivity index (χ0n) is 11.3. The van der Waals surface area contributed by atoms with Crippen molar-refractivity contribution in [2.45, 2.75) is 31.3 Å². The number of hydrogen-bond donors (Lipinski definition) is 1. The number of ether oxygens (including phenoxy) is 1. The second kappa shape index (κ2) is 7.63. The average molecular weight is 284 g/mol. The summed E-state index contributed by atoms with van der Waals surface area (Å²) in [5, 5.41) is 10.7. The maximum atomic E-state index is 10.7. The first-order valence-electron chi connectivity index (χ1n) is 6.58. The minimum Gasteiger partial charge on any atom is -0.384 e. The van der Waals surface area contributed by atoms with Crippen LogP contribution in [-0.2, 0) is 4.74 Å². The number of aliphatic imine (C=N–C) groups is 1. The number of aliphatic hydroxyl groups is 1. The molecule has 4 heteroatoms. The third kappa shape index (κ3) is 4.03. The molecule has 1 saturated carbocycles. The van der Waals surface area contributed by atoms with Crippen LogP contribution in [0, 0.1) is 0 Å². The van der Waals surface area contributed by atoms with E-state index in [-0.39, 0.29) is 12.4 Å². The van der Waals surface area contributed by atoms with E-state index in [0.29, 0.717) is 13.2 Å². The number of benzene rings is 1. The van der Waals surface area contributed by atoms with Gasteiger partial charge < -0.3 is 9.84 Å². The Morgan fingerprint density at radius 1 is 1.26 bits per heavy atom. The molecule has 2 rings (SSSR count). The molecule has 1 fully saturated rings. The minimum absolute atomic E-state index is 0. The molecule has 1 aliphatic rings. The Hall–Kier alpha value is -0.900. The molecule has 1 aromatic rings. The Morgan fingerprint density at radius 2 is 1.89 bits per heavy atom. The van der Waals surface area contributed by atoms with Crippen molar-refractivity contribution in [3.63, 3.8) is 0 Å². The minimum atomic E-state index is -0.741. The van der Waals surface area contributed by atoms with Crippen LogP contribution in [-0.4, -0.2) is 36.7 Å². The summed E-state index contributed by atoms with van der Waals surface area (Å²) < 4.78 is 5.03. The second-order valence-electron chi connectivity index (χ2n) is 4.83. The van der Waals surface area contributed by atoms with Crippen LogP contribution in [0.15, 0.2) is 35.3 Å². The summed E-state index contributed by atoms with van der Waals surface area (Å²) >= 11 is 0. The van der Waals surface area contributed by atoms with E-state index in [1.165, 1.54) is 0 Å². The molecule has 0 amide bonds. The van der Waals surface area contributed by atoms with Gasteiger partial charge in [-0.25, -0.2) is 0 Å². The van der Waals surface area contributed by atoms with E-state index < -0.39 is 5.60 Å². The van der Waals surface area contributed by atoms with Crippen LogP contribution >= 0.6 is 12.4 Å². The molecule has 0 bridgehead atoms. The molecule has 1 aliphatic carbocycles. The highest BCUT2D eigenvalue weighted by Crippen LogP contribution is 2.33. The molecule has 0 heterocycles. The maximum Gasteiger partial charge on any atom is 0.107 e. The zero-order valence-corrected chi connectivity index (χ0v) is 12.2. The molecular weight excluding hydrogens is 262 g/mol. The highest BCUT2D eigenvalue weighted by molar-refractivity contribution is 6.06. The fourth-order valence-electron chi connectivity index (χ4n) is 2.55. The highest BCUT2D eigenvalue weighted by Gasteiger charge is 2.36. The van der Waals surface area contributed by atoms with Crippen molar-refractivity contribution in [1.82, 2.24) is 0 Å². The summed E-state index contributed by atoms with van der Waals surface area (Å²) in [5.74, 6) is 0. The van der Waals surface area contributed by atoms with E-state index in [9.17, 15) is 5.11 Å². The van der Waals surface area contributed by atoms with Gasteiger partial charge in [0.25, 0.3) is 0 Å². The van der Waals surface area contributed by atoms with E-state index in [4.69, 9.17) is 4.74 Å². The van der Waals surface area contributed by atoms with Crippen molar-refractivity contribution < 1.29 is 9.84 Å². The first-order chi connectivity index (χ1) is 8.76. The average Bonchev–Trinajstić information content (AvgIpc) is 2.83. The largest absolute Gasteiger partial charge is 0.384 e. The first-order valence-corrected chi connectivity index (χ1v) is 6.58. The summed E-state index contributed by atoms with van der Waals surface area (Å²) in [4.78, 5) is 4.58. The van der Waals surface area contributed by atoms with Crippen LogP contribution in [0.3, 0.4) is 0 Å². The number of hydrogen-bond acceptors (Lipinski definition) is 3. The van der Waals surface area contributed by atoms with Crippen molar-refractivity contribution in [2.24, 2.45) is 4.99 Å². The van der Waals surface area contributed by atoms with Gasteiger partial charge in [0.2, 0.25) is 0 Å². The number of rotatable bonds is 5. The lowest BCUT2D eigenvalue weighted by Gasteiger charge is -2.25. The standard InChI is InChI=1S/C15H21NO2.ClH/c1-18-12-11-16-14(13-7-3-2-4-8-13)15(17)9-5-6-10-15;/h2-4,7-8,17H,5-6,9-12H2,1H3;1H. The van der Waals surface area contributed by atoms with Crippen molar-refractivity contribution in [2.75, 3.05) is 20.3 Å². The SMILES string of the molecule is COCCN=C(c1ccccc1)C1(O)CCCC1.Cl. The van der Waals surface area contributed by atoms with Gasteiger partial charge in [-0.2, -0.15) is 0 Å². The van der Waals surface area contributed by atoms with Crippen molar-refractivity contribution >= 4 is 18.1 Å². The van der Waals surface area contributed by atoms with Crippen LogP contribution in [0.25, 0.3) is 0 Å². The highest BCUT2D eigenvalue weighted by atomic mass is 35.5. The van der Waals surface area contributed by atoms with Crippen LogP contribution in [0.2, 0.25) is 0 Å². The molecule has 0 aliphatic heterocycles. The van der Waals surface area contributed by atoms with Gasteiger partial charge in [-0.3, -0.25) is 4.99 Å². The van der Waals surface area contributed by atoms with E-state index in [1.807, 2.05) is 30.3 Å². The predicted octanol–water partition coefficient (Wildman–Crippen LogP) is 2.85. The summed E-state index contributed by atoms with van der Waals surface area (Å²) in [6.07, 6.45) is 3.78. The van der Waals surface area contributed by atoms with E-state index in [2.05, 4.69) is 4.99 Å². The molecule has 0 atom stereocenters. The normalized spacial score (nSPS) is 18.1. The van der Waals surface area contributed by atoms with E-state index in [1.54, 1.807) is 7.11 Å². The van der Waals surface area contributed by atoms with Crippen molar-refractivity contribution in [3.05, 3.63) is 35.9 Å². The van der Waals surface area contributed by atoms with Gasteiger partial charge in [0.05, 0.1) is 18.9 Å². The molecule has 106 valence electrons. The van der Waals surface area contributed by atoms with Gasteiger partial charge in [0.1, 0.15) is 5.60 Å². The van der Waals surface area contributed by atoms with Gasteiger partial charge in [0.15, 0.2) is 0 Å². The van der Waals surface area contributed by atoms with Gasteiger partial charge in [-0.1, -0.05) is 43.2 Å². The molecule has 0 spiro atoms. The van der Waals surface area contributed by atoms with Crippen LogP contribution in [0.5, 0.6) is 0 Å². The number of methoxy groups -OCH3 is 1. The Labute approximate surface area is 121 Å². The summed E-state index contributed by atoms with van der Waals surface area (Å²) in [5.41, 5.74) is 1.12. The van der Waals surface area contributed by atoms with Crippen molar-refractivity contribution in [3.8, 4) is 0 Å². The monoisotopic (exact) mass is 283 g/mol. The molecule has 3 nitrogen and oxygen atoms in total. The Balaban J connectivity index is 0.00000180. The van der Waals surface area contributed by atoms with Crippen LogP contribution in [0.4, 0.5) is 0 Å². The number of halogens is 1. The smallest absolute Gasteiger partial charge is 0.107 e. The molecule has 0 saturated heterocycles. The van der Waals surface area contributed by atoms with Crippen LogP contribution < -0.4 is 0 Å². The Morgan fingerprint density at radius 3 is 2.47 bits per heavy atom. The summed E-state index contributed by atoms with van der Waals surface area (Å²) in [7, 11) is 1.67. The summed E-state index contributed by atoms with van der Waals surface area (Å²) in [6, 6.07) is 9.98.